The molecule has 3 atom stereocenters. The van der Waals surface area contributed by atoms with Gasteiger partial charge >= 0.3 is 0 Å². The van der Waals surface area contributed by atoms with E-state index in [9.17, 15) is 14.4 Å². The van der Waals surface area contributed by atoms with Crippen LogP contribution < -0.4 is 0 Å². The van der Waals surface area contributed by atoms with Gasteiger partial charge in [-0.05, 0) is 39.5 Å². The normalized spacial score (nSPS) is 29.1. The van der Waals surface area contributed by atoms with E-state index < -0.39 is 5.41 Å². The molecule has 7 nitrogen and oxygen atoms in total. The Kier molecular flexibility index (Phi) is 7.10. The average molecular weight is 422 g/mol. The summed E-state index contributed by atoms with van der Waals surface area (Å²) in [5.74, 6) is 0.373. The van der Waals surface area contributed by atoms with Crippen LogP contribution in [0.2, 0.25) is 0 Å². The zero-order valence-electron chi connectivity index (χ0n) is 19.4. The van der Waals surface area contributed by atoms with Gasteiger partial charge in [-0.25, -0.2) is 0 Å². The molecule has 3 aliphatic heterocycles. The van der Waals surface area contributed by atoms with E-state index in [0.29, 0.717) is 32.7 Å². The summed E-state index contributed by atoms with van der Waals surface area (Å²) < 4.78 is 5.74. The van der Waals surface area contributed by atoms with Gasteiger partial charge in [-0.3, -0.25) is 14.4 Å². The molecule has 3 saturated heterocycles. The lowest BCUT2D eigenvalue weighted by Crippen LogP contribution is -2.53. The first-order chi connectivity index (χ1) is 14.1. The third kappa shape index (κ3) is 5.34. The number of amides is 3. The molecule has 30 heavy (non-hydrogen) atoms. The maximum Gasteiger partial charge on any atom is 0.227 e. The lowest BCUT2D eigenvalue weighted by Gasteiger charge is -2.41. The summed E-state index contributed by atoms with van der Waals surface area (Å²) in [6.07, 6.45) is 3.31. The largest absolute Gasteiger partial charge is 0.372 e. The number of carbonyl (C=O) groups is 3. The molecule has 0 aromatic heterocycles. The Morgan fingerprint density at radius 2 is 1.30 bits per heavy atom. The van der Waals surface area contributed by atoms with Crippen molar-refractivity contribution < 1.29 is 19.1 Å². The molecule has 3 heterocycles. The van der Waals surface area contributed by atoms with Gasteiger partial charge < -0.3 is 19.4 Å². The molecule has 170 valence electrons. The summed E-state index contributed by atoms with van der Waals surface area (Å²) >= 11 is 0. The van der Waals surface area contributed by atoms with Gasteiger partial charge in [-0.15, -0.1) is 0 Å². The van der Waals surface area contributed by atoms with Gasteiger partial charge in [0.2, 0.25) is 17.7 Å². The summed E-state index contributed by atoms with van der Waals surface area (Å²) in [7, 11) is 0. The molecule has 0 aromatic rings. The zero-order valence-corrected chi connectivity index (χ0v) is 19.4. The Bertz CT molecular complexity index is 641. The molecule has 3 aliphatic rings. The number of likely N-dealkylation sites (tertiary alicyclic amines) is 2. The Morgan fingerprint density at radius 3 is 1.87 bits per heavy atom. The van der Waals surface area contributed by atoms with Crippen LogP contribution in [0.4, 0.5) is 0 Å². The molecule has 3 fully saturated rings. The van der Waals surface area contributed by atoms with Crippen molar-refractivity contribution in [1.82, 2.24) is 14.7 Å². The highest BCUT2D eigenvalue weighted by Gasteiger charge is 2.37. The molecule has 0 radical (unpaired) electrons. The topological polar surface area (TPSA) is 70.2 Å². The fraction of sp³-hybridized carbons (Fsp3) is 0.870. The zero-order chi connectivity index (χ0) is 22.1. The van der Waals surface area contributed by atoms with Crippen molar-refractivity contribution in [2.24, 2.45) is 17.3 Å². The van der Waals surface area contributed by atoms with E-state index in [1.807, 2.05) is 49.3 Å². The van der Waals surface area contributed by atoms with Gasteiger partial charge in [0.1, 0.15) is 0 Å². The van der Waals surface area contributed by atoms with Crippen LogP contribution in [-0.2, 0) is 19.1 Å². The predicted octanol–water partition coefficient (Wildman–Crippen LogP) is 2.15. The molecule has 0 spiro atoms. The van der Waals surface area contributed by atoms with E-state index in [4.69, 9.17) is 4.74 Å². The van der Waals surface area contributed by atoms with Gasteiger partial charge in [-0.1, -0.05) is 20.8 Å². The van der Waals surface area contributed by atoms with Crippen molar-refractivity contribution in [3.05, 3.63) is 0 Å². The molecule has 0 saturated carbocycles. The van der Waals surface area contributed by atoms with Crippen molar-refractivity contribution in [1.29, 1.82) is 0 Å². The van der Waals surface area contributed by atoms with Gasteiger partial charge in [0.15, 0.2) is 0 Å². The van der Waals surface area contributed by atoms with Crippen LogP contribution in [0.25, 0.3) is 0 Å². The highest BCUT2D eigenvalue weighted by Crippen LogP contribution is 2.27. The van der Waals surface area contributed by atoms with Crippen LogP contribution in [0, 0.1) is 17.3 Å². The maximum absolute atomic E-state index is 13.1. The smallest absolute Gasteiger partial charge is 0.227 e. The average Bonchev–Trinajstić information content (AvgIpc) is 2.71. The molecule has 0 N–H and O–H groups in total. The van der Waals surface area contributed by atoms with Crippen LogP contribution in [0.3, 0.4) is 0 Å². The van der Waals surface area contributed by atoms with Gasteiger partial charge in [0, 0.05) is 50.6 Å². The van der Waals surface area contributed by atoms with E-state index in [0.717, 1.165) is 32.2 Å². The molecule has 7 heteroatoms. The molecule has 3 amide bonds. The Balaban J connectivity index is 1.51. The Hall–Kier alpha value is -1.63. The van der Waals surface area contributed by atoms with Gasteiger partial charge in [0.05, 0.1) is 18.1 Å². The first kappa shape index (κ1) is 23.0. The minimum atomic E-state index is -0.419. The summed E-state index contributed by atoms with van der Waals surface area (Å²) in [6.45, 7) is 13.6. The number of hydrogen-bond donors (Lipinski definition) is 0. The number of morpholine rings is 1. The first-order valence-electron chi connectivity index (χ1n) is 11.6. The van der Waals surface area contributed by atoms with E-state index in [2.05, 4.69) is 0 Å². The predicted molar refractivity (Wildman–Crippen MR) is 115 cm³/mol. The molecule has 0 aromatic carbocycles. The van der Waals surface area contributed by atoms with Crippen LogP contribution in [0.5, 0.6) is 0 Å². The maximum atomic E-state index is 13.1. The third-order valence-electron chi connectivity index (χ3n) is 6.59. The lowest BCUT2D eigenvalue weighted by molar-refractivity contribution is -0.152. The molecule has 3 unspecified atom stereocenters. The highest BCUT2D eigenvalue weighted by molar-refractivity contribution is 5.84. The minimum Gasteiger partial charge on any atom is -0.372 e. The number of rotatable bonds is 2. The number of hydrogen-bond acceptors (Lipinski definition) is 4. The van der Waals surface area contributed by atoms with Gasteiger partial charge in [0.25, 0.3) is 0 Å². The van der Waals surface area contributed by atoms with Crippen molar-refractivity contribution in [3.63, 3.8) is 0 Å². The first-order valence-corrected chi connectivity index (χ1v) is 11.6. The number of ether oxygens (including phenoxy) is 1. The van der Waals surface area contributed by atoms with Crippen LogP contribution in [0.15, 0.2) is 0 Å². The van der Waals surface area contributed by atoms with Gasteiger partial charge in [-0.2, -0.15) is 0 Å². The van der Waals surface area contributed by atoms with E-state index in [-0.39, 0.29) is 41.8 Å². The van der Waals surface area contributed by atoms with Crippen LogP contribution >= 0.6 is 0 Å². The number of nitrogens with zero attached hydrogens (tertiary/aromatic N) is 3. The lowest BCUT2D eigenvalue weighted by atomic mass is 9.89. The SMILES string of the molecule is CC1CN(C(=O)C2CCN(C(=O)C3CCCN(C(=O)C(C)(C)C)C3)CC2)CC(C)O1. The second kappa shape index (κ2) is 9.25. The van der Waals surface area contributed by atoms with Crippen molar-refractivity contribution in [2.75, 3.05) is 39.3 Å². The number of piperidine rings is 2. The molecular weight excluding hydrogens is 382 g/mol. The van der Waals surface area contributed by atoms with Crippen LogP contribution in [0.1, 0.15) is 60.3 Å². The second-order valence-corrected chi connectivity index (χ2v) is 10.4. The minimum absolute atomic E-state index is 0.00290. The summed E-state index contributed by atoms with van der Waals surface area (Å²) in [5, 5.41) is 0. The fourth-order valence-electron chi connectivity index (χ4n) is 5.06. The van der Waals surface area contributed by atoms with Crippen molar-refractivity contribution >= 4 is 17.7 Å². The molecule has 3 rings (SSSR count). The summed E-state index contributed by atoms with van der Waals surface area (Å²) in [5.41, 5.74) is -0.419. The number of carbonyl (C=O) groups excluding carboxylic acids is 3. The Morgan fingerprint density at radius 1 is 0.733 bits per heavy atom. The third-order valence-corrected chi connectivity index (χ3v) is 6.59. The van der Waals surface area contributed by atoms with E-state index in [1.54, 1.807) is 0 Å². The molecule has 0 bridgehead atoms. The monoisotopic (exact) mass is 421 g/mol. The standard InChI is InChI=1S/C23H39N3O4/c1-16-13-26(14-17(2)30-16)20(27)18-8-11-24(12-9-18)21(28)19-7-6-10-25(15-19)22(29)23(3,4)5/h16-19H,6-15H2,1-5H3. The molecule has 0 aliphatic carbocycles. The fourth-order valence-corrected chi connectivity index (χ4v) is 5.06. The second-order valence-electron chi connectivity index (χ2n) is 10.4. The van der Waals surface area contributed by atoms with Crippen molar-refractivity contribution in [3.8, 4) is 0 Å². The summed E-state index contributed by atoms with van der Waals surface area (Å²) in [6, 6.07) is 0. The Labute approximate surface area is 181 Å². The quantitative estimate of drug-likeness (QED) is 0.685. The van der Waals surface area contributed by atoms with Crippen molar-refractivity contribution in [2.45, 2.75) is 72.5 Å². The van der Waals surface area contributed by atoms with E-state index in [1.165, 1.54) is 0 Å². The molecular formula is C23H39N3O4. The van der Waals surface area contributed by atoms with Crippen LogP contribution in [-0.4, -0.2) is 83.9 Å². The summed E-state index contributed by atoms with van der Waals surface area (Å²) in [4.78, 5) is 44.4. The van der Waals surface area contributed by atoms with E-state index >= 15 is 0 Å². The highest BCUT2D eigenvalue weighted by atomic mass is 16.5.